The van der Waals surface area contributed by atoms with Crippen LogP contribution < -0.4 is 16.0 Å². The molecule has 8 heteroatoms. The van der Waals surface area contributed by atoms with Crippen LogP contribution in [0, 0.1) is 6.92 Å². The van der Waals surface area contributed by atoms with Crippen molar-refractivity contribution in [3.8, 4) is 0 Å². The number of hydrogen-bond donors (Lipinski definition) is 2. The fraction of sp³-hybridized carbons (Fsp3) is 0.240. The molecule has 1 aliphatic heterocycles. The third-order valence-electron chi connectivity index (χ3n) is 5.84. The SMILES string of the molecule is Cc1ccc(NC(=O)[C@H](c2ccccc2)N2CCN(c3ccc(C(N)=O)cn3)CC2)cc1Cl. The van der Waals surface area contributed by atoms with Gasteiger partial charge in [-0.05, 0) is 42.3 Å². The summed E-state index contributed by atoms with van der Waals surface area (Å²) >= 11 is 6.25. The van der Waals surface area contributed by atoms with Gasteiger partial charge in [0.2, 0.25) is 11.8 Å². The van der Waals surface area contributed by atoms with Crippen molar-refractivity contribution in [3.63, 3.8) is 0 Å². The molecule has 0 bridgehead atoms. The molecule has 2 heterocycles. The van der Waals surface area contributed by atoms with E-state index >= 15 is 0 Å². The largest absolute Gasteiger partial charge is 0.366 e. The number of anilines is 2. The third-order valence-corrected chi connectivity index (χ3v) is 6.25. The number of nitrogens with zero attached hydrogens (tertiary/aromatic N) is 3. The van der Waals surface area contributed by atoms with Crippen molar-refractivity contribution >= 4 is 34.9 Å². The second-order valence-electron chi connectivity index (χ2n) is 8.06. The fourth-order valence-electron chi connectivity index (χ4n) is 3.97. The average Bonchev–Trinajstić information content (AvgIpc) is 2.83. The van der Waals surface area contributed by atoms with Gasteiger partial charge in [-0.15, -0.1) is 0 Å². The highest BCUT2D eigenvalue weighted by molar-refractivity contribution is 6.31. The zero-order valence-electron chi connectivity index (χ0n) is 18.4. The Balaban J connectivity index is 1.49. The van der Waals surface area contributed by atoms with Crippen LogP contribution in [0.1, 0.15) is 27.5 Å². The Morgan fingerprint density at radius 2 is 1.76 bits per heavy atom. The molecule has 1 fully saturated rings. The molecule has 1 atom stereocenters. The fourth-order valence-corrected chi connectivity index (χ4v) is 4.15. The van der Waals surface area contributed by atoms with Gasteiger partial charge < -0.3 is 16.0 Å². The Morgan fingerprint density at radius 1 is 1.03 bits per heavy atom. The van der Waals surface area contributed by atoms with E-state index in [0.29, 0.717) is 42.5 Å². The Bertz CT molecular complexity index is 1130. The number of benzene rings is 2. The molecule has 7 nitrogen and oxygen atoms in total. The number of nitrogens with one attached hydrogen (secondary N) is 1. The highest BCUT2D eigenvalue weighted by Gasteiger charge is 2.31. The van der Waals surface area contributed by atoms with Crippen LogP contribution in [0.5, 0.6) is 0 Å². The summed E-state index contributed by atoms with van der Waals surface area (Å²) in [5.74, 6) is 0.193. The molecule has 0 saturated carbocycles. The average molecular weight is 464 g/mol. The number of piperazine rings is 1. The second kappa shape index (κ2) is 10.0. The van der Waals surface area contributed by atoms with Crippen LogP contribution in [0.3, 0.4) is 0 Å². The molecular weight excluding hydrogens is 438 g/mol. The Morgan fingerprint density at radius 3 is 2.36 bits per heavy atom. The maximum atomic E-state index is 13.4. The molecule has 0 radical (unpaired) electrons. The minimum Gasteiger partial charge on any atom is -0.366 e. The van der Waals surface area contributed by atoms with Gasteiger partial charge in [0.1, 0.15) is 11.9 Å². The van der Waals surface area contributed by atoms with Gasteiger partial charge in [0, 0.05) is 43.1 Å². The van der Waals surface area contributed by atoms with E-state index in [0.717, 1.165) is 16.9 Å². The Hall–Kier alpha value is -3.42. The zero-order chi connectivity index (χ0) is 23.4. The van der Waals surface area contributed by atoms with E-state index in [4.69, 9.17) is 17.3 Å². The number of pyridine rings is 1. The van der Waals surface area contributed by atoms with Crippen LogP contribution >= 0.6 is 11.6 Å². The van der Waals surface area contributed by atoms with E-state index in [-0.39, 0.29) is 5.91 Å². The lowest BCUT2D eigenvalue weighted by Crippen LogP contribution is -2.50. The summed E-state index contributed by atoms with van der Waals surface area (Å²) in [6, 6.07) is 18.4. The maximum absolute atomic E-state index is 13.4. The summed E-state index contributed by atoms with van der Waals surface area (Å²) in [5.41, 5.74) is 8.26. The first-order valence-electron chi connectivity index (χ1n) is 10.8. The molecule has 33 heavy (non-hydrogen) atoms. The highest BCUT2D eigenvalue weighted by atomic mass is 35.5. The van der Waals surface area contributed by atoms with Gasteiger partial charge in [-0.2, -0.15) is 0 Å². The van der Waals surface area contributed by atoms with Gasteiger partial charge >= 0.3 is 0 Å². The molecule has 3 N–H and O–H groups in total. The van der Waals surface area contributed by atoms with E-state index in [1.54, 1.807) is 18.2 Å². The van der Waals surface area contributed by atoms with Crippen LogP contribution in [0.2, 0.25) is 5.02 Å². The van der Waals surface area contributed by atoms with Crippen LogP contribution in [-0.4, -0.2) is 47.9 Å². The summed E-state index contributed by atoms with van der Waals surface area (Å²) < 4.78 is 0. The quantitative estimate of drug-likeness (QED) is 0.582. The molecule has 4 rings (SSSR count). The Labute approximate surface area is 198 Å². The van der Waals surface area contributed by atoms with Crippen LogP contribution in [0.15, 0.2) is 66.9 Å². The second-order valence-corrected chi connectivity index (χ2v) is 8.47. The monoisotopic (exact) mass is 463 g/mol. The maximum Gasteiger partial charge on any atom is 0.250 e. The van der Waals surface area contributed by atoms with Crippen LogP contribution in [-0.2, 0) is 4.79 Å². The number of carbonyl (C=O) groups is 2. The summed E-state index contributed by atoms with van der Waals surface area (Å²) in [6.45, 7) is 4.70. The molecule has 2 amide bonds. The Kier molecular flexibility index (Phi) is 6.91. The first kappa shape index (κ1) is 22.8. The first-order valence-corrected chi connectivity index (χ1v) is 11.2. The van der Waals surface area contributed by atoms with Crippen molar-refractivity contribution < 1.29 is 9.59 Å². The lowest BCUT2D eigenvalue weighted by molar-refractivity contribution is -0.121. The van der Waals surface area contributed by atoms with Gasteiger partial charge in [0.05, 0.1) is 5.56 Å². The predicted octanol–water partition coefficient (Wildman–Crippen LogP) is 3.64. The number of primary amides is 1. The van der Waals surface area contributed by atoms with Crippen molar-refractivity contribution in [2.75, 3.05) is 36.4 Å². The normalized spacial score (nSPS) is 15.2. The number of carbonyl (C=O) groups excluding carboxylic acids is 2. The molecule has 1 aliphatic rings. The topological polar surface area (TPSA) is 91.6 Å². The van der Waals surface area contributed by atoms with Crippen molar-refractivity contribution in [1.29, 1.82) is 0 Å². The molecule has 0 aliphatic carbocycles. The minimum atomic E-state index is -0.495. The van der Waals surface area contributed by atoms with Gasteiger partial charge in [-0.1, -0.05) is 48.0 Å². The van der Waals surface area contributed by atoms with E-state index in [9.17, 15) is 9.59 Å². The van der Waals surface area contributed by atoms with Gasteiger partial charge in [-0.25, -0.2) is 4.98 Å². The van der Waals surface area contributed by atoms with Crippen molar-refractivity contribution in [3.05, 3.63) is 88.6 Å². The lowest BCUT2D eigenvalue weighted by atomic mass is 10.0. The van der Waals surface area contributed by atoms with E-state index in [2.05, 4.69) is 20.1 Å². The number of rotatable bonds is 6. The molecule has 170 valence electrons. The summed E-state index contributed by atoms with van der Waals surface area (Å²) in [5, 5.41) is 3.65. The number of hydrogen-bond acceptors (Lipinski definition) is 5. The molecule has 1 saturated heterocycles. The summed E-state index contributed by atoms with van der Waals surface area (Å²) in [6.07, 6.45) is 1.50. The molecular formula is C25H26ClN5O2. The van der Waals surface area contributed by atoms with Crippen molar-refractivity contribution in [2.24, 2.45) is 5.73 Å². The third kappa shape index (κ3) is 5.32. The molecule has 0 unspecified atom stereocenters. The van der Waals surface area contributed by atoms with Crippen molar-refractivity contribution in [2.45, 2.75) is 13.0 Å². The number of amides is 2. The standard InChI is InChI=1S/C25H26ClN5O2/c1-17-7-9-20(15-21(17)26)29-25(33)23(18-5-3-2-4-6-18)31-13-11-30(12-14-31)22-10-8-19(16-28-22)24(27)32/h2-10,15-16,23H,11-14H2,1H3,(H2,27,32)(H,29,33)/t23-/m0/s1. The summed E-state index contributed by atoms with van der Waals surface area (Å²) in [4.78, 5) is 33.4. The van der Waals surface area contributed by atoms with Crippen molar-refractivity contribution in [1.82, 2.24) is 9.88 Å². The molecule has 3 aromatic rings. The number of halogens is 1. The van der Waals surface area contributed by atoms with Gasteiger partial charge in [0.25, 0.3) is 0 Å². The lowest BCUT2D eigenvalue weighted by Gasteiger charge is -2.39. The predicted molar refractivity (Wildman–Crippen MR) is 131 cm³/mol. The molecule has 1 aromatic heterocycles. The number of nitrogens with two attached hydrogens (primary N) is 1. The summed E-state index contributed by atoms with van der Waals surface area (Å²) in [7, 11) is 0. The van der Waals surface area contributed by atoms with Gasteiger partial charge in [-0.3, -0.25) is 14.5 Å². The molecule has 0 spiro atoms. The first-order chi connectivity index (χ1) is 15.9. The van der Waals surface area contributed by atoms with Crippen LogP contribution in [0.4, 0.5) is 11.5 Å². The smallest absolute Gasteiger partial charge is 0.250 e. The number of aromatic nitrogens is 1. The number of aryl methyl sites for hydroxylation is 1. The molecule has 2 aromatic carbocycles. The van der Waals surface area contributed by atoms with E-state index in [1.807, 2.05) is 49.4 Å². The zero-order valence-corrected chi connectivity index (χ0v) is 19.1. The van der Waals surface area contributed by atoms with E-state index < -0.39 is 11.9 Å². The van der Waals surface area contributed by atoms with E-state index in [1.165, 1.54) is 6.20 Å². The van der Waals surface area contributed by atoms with Gasteiger partial charge in [0.15, 0.2) is 0 Å². The highest BCUT2D eigenvalue weighted by Crippen LogP contribution is 2.27. The minimum absolute atomic E-state index is 0.0986. The van der Waals surface area contributed by atoms with Crippen LogP contribution in [0.25, 0.3) is 0 Å².